The molecule has 2 N–H and O–H groups in total. The van der Waals surface area contributed by atoms with Crippen molar-refractivity contribution in [2.24, 2.45) is 0 Å². The summed E-state index contributed by atoms with van der Waals surface area (Å²) < 4.78 is 19.7. The molecule has 3 nitrogen and oxygen atoms in total. The number of halogens is 2. The van der Waals surface area contributed by atoms with Crippen molar-refractivity contribution in [1.29, 1.82) is 0 Å². The Morgan fingerprint density at radius 2 is 1.95 bits per heavy atom. The molecular formula is C16H12ClFN2O. The average Bonchev–Trinajstić information content (AvgIpc) is 2.49. The van der Waals surface area contributed by atoms with Crippen LogP contribution in [0, 0.1) is 5.82 Å². The second-order valence-electron chi connectivity index (χ2n) is 4.59. The molecular weight excluding hydrogens is 291 g/mol. The van der Waals surface area contributed by atoms with Gasteiger partial charge in [0, 0.05) is 28.4 Å². The quantitative estimate of drug-likeness (QED) is 0.738. The molecule has 5 heteroatoms. The maximum Gasteiger partial charge on any atom is 0.181 e. The van der Waals surface area contributed by atoms with Crippen LogP contribution in [-0.2, 0) is 6.61 Å². The summed E-state index contributed by atoms with van der Waals surface area (Å²) in [6.45, 7) is 0.226. The standard InChI is InChI=1S/C16H12ClFN2O/c17-11-5-3-10(4-6-11)9-21-16-13(18)8-14(19)12-2-1-7-20-15(12)16/h1-8H,9,19H2. The first-order chi connectivity index (χ1) is 10.1. The zero-order valence-electron chi connectivity index (χ0n) is 11.0. The highest BCUT2D eigenvalue weighted by molar-refractivity contribution is 6.30. The smallest absolute Gasteiger partial charge is 0.181 e. The highest BCUT2D eigenvalue weighted by Gasteiger charge is 2.13. The molecule has 2 aromatic carbocycles. The molecule has 1 heterocycles. The molecule has 3 aromatic rings. The Morgan fingerprint density at radius 1 is 1.19 bits per heavy atom. The third kappa shape index (κ3) is 2.76. The summed E-state index contributed by atoms with van der Waals surface area (Å²) in [5.41, 5.74) is 7.45. The van der Waals surface area contributed by atoms with Crippen molar-refractivity contribution in [1.82, 2.24) is 4.98 Å². The van der Waals surface area contributed by atoms with Gasteiger partial charge >= 0.3 is 0 Å². The first-order valence-corrected chi connectivity index (χ1v) is 6.73. The van der Waals surface area contributed by atoms with E-state index in [1.807, 2.05) is 12.1 Å². The fraction of sp³-hybridized carbons (Fsp3) is 0.0625. The number of pyridine rings is 1. The summed E-state index contributed by atoms with van der Waals surface area (Å²) in [6.07, 6.45) is 1.58. The van der Waals surface area contributed by atoms with Gasteiger partial charge in [-0.25, -0.2) is 4.39 Å². The van der Waals surface area contributed by atoms with Gasteiger partial charge in [-0.15, -0.1) is 0 Å². The molecule has 0 aliphatic rings. The minimum Gasteiger partial charge on any atom is -0.484 e. The number of fused-ring (bicyclic) bond motifs is 1. The topological polar surface area (TPSA) is 48.1 Å². The number of ether oxygens (including phenoxy) is 1. The fourth-order valence-corrected chi connectivity index (χ4v) is 2.21. The lowest BCUT2D eigenvalue weighted by Crippen LogP contribution is -2.01. The van der Waals surface area contributed by atoms with E-state index >= 15 is 0 Å². The molecule has 0 saturated carbocycles. The number of nitrogens with zero attached hydrogens (tertiary/aromatic N) is 1. The summed E-state index contributed by atoms with van der Waals surface area (Å²) in [5, 5.41) is 1.31. The van der Waals surface area contributed by atoms with E-state index in [0.29, 0.717) is 21.6 Å². The number of nitrogen functional groups attached to an aromatic ring is 1. The van der Waals surface area contributed by atoms with Gasteiger partial charge in [0.1, 0.15) is 12.1 Å². The lowest BCUT2D eigenvalue weighted by Gasteiger charge is -2.11. The molecule has 0 atom stereocenters. The Morgan fingerprint density at radius 3 is 2.71 bits per heavy atom. The summed E-state index contributed by atoms with van der Waals surface area (Å²) in [4.78, 5) is 4.16. The second kappa shape index (κ2) is 5.58. The molecule has 0 bridgehead atoms. The normalized spacial score (nSPS) is 10.8. The van der Waals surface area contributed by atoms with E-state index in [0.717, 1.165) is 5.56 Å². The zero-order valence-corrected chi connectivity index (χ0v) is 11.8. The Labute approximate surface area is 126 Å². The molecule has 0 radical (unpaired) electrons. The van der Waals surface area contributed by atoms with Crippen LogP contribution in [0.5, 0.6) is 5.75 Å². The van der Waals surface area contributed by atoms with Gasteiger partial charge in [0.15, 0.2) is 11.6 Å². The molecule has 3 rings (SSSR count). The van der Waals surface area contributed by atoms with Crippen molar-refractivity contribution in [3.05, 3.63) is 65.1 Å². The van der Waals surface area contributed by atoms with Gasteiger partial charge in [0.2, 0.25) is 0 Å². The van der Waals surface area contributed by atoms with Crippen molar-refractivity contribution in [3.63, 3.8) is 0 Å². The molecule has 0 amide bonds. The molecule has 0 saturated heterocycles. The predicted molar refractivity (Wildman–Crippen MR) is 81.9 cm³/mol. The number of benzene rings is 2. The first-order valence-electron chi connectivity index (χ1n) is 6.35. The Bertz CT molecular complexity index is 790. The van der Waals surface area contributed by atoms with E-state index in [1.165, 1.54) is 6.07 Å². The van der Waals surface area contributed by atoms with Gasteiger partial charge in [-0.2, -0.15) is 0 Å². The monoisotopic (exact) mass is 302 g/mol. The van der Waals surface area contributed by atoms with Crippen LogP contribution in [0.4, 0.5) is 10.1 Å². The van der Waals surface area contributed by atoms with Crippen LogP contribution in [0.1, 0.15) is 5.56 Å². The number of nitrogens with two attached hydrogens (primary N) is 1. The maximum absolute atomic E-state index is 14.1. The van der Waals surface area contributed by atoms with Crippen molar-refractivity contribution in [3.8, 4) is 5.75 Å². The maximum atomic E-state index is 14.1. The molecule has 0 fully saturated rings. The highest BCUT2D eigenvalue weighted by atomic mass is 35.5. The van der Waals surface area contributed by atoms with Crippen LogP contribution in [0.25, 0.3) is 10.9 Å². The third-order valence-electron chi connectivity index (χ3n) is 3.13. The summed E-state index contributed by atoms with van der Waals surface area (Å²) in [6, 6.07) is 12.0. The number of anilines is 1. The van der Waals surface area contributed by atoms with E-state index in [9.17, 15) is 4.39 Å². The molecule has 0 unspecified atom stereocenters. The van der Waals surface area contributed by atoms with Crippen LogP contribution >= 0.6 is 11.6 Å². The Balaban J connectivity index is 1.95. The zero-order chi connectivity index (χ0) is 14.8. The summed E-state index contributed by atoms with van der Waals surface area (Å²) in [5.74, 6) is -0.414. The van der Waals surface area contributed by atoms with Gasteiger partial charge in [-0.3, -0.25) is 4.98 Å². The van der Waals surface area contributed by atoms with Crippen LogP contribution < -0.4 is 10.5 Å². The number of aromatic nitrogens is 1. The van der Waals surface area contributed by atoms with E-state index in [4.69, 9.17) is 22.1 Å². The van der Waals surface area contributed by atoms with E-state index < -0.39 is 5.82 Å². The van der Waals surface area contributed by atoms with Crippen molar-refractivity contribution in [2.75, 3.05) is 5.73 Å². The van der Waals surface area contributed by atoms with Crippen LogP contribution in [0.2, 0.25) is 5.02 Å². The SMILES string of the molecule is Nc1cc(F)c(OCc2ccc(Cl)cc2)c2ncccc12. The second-order valence-corrected chi connectivity index (χ2v) is 5.03. The van der Waals surface area contributed by atoms with Crippen molar-refractivity contribution < 1.29 is 9.13 Å². The predicted octanol–water partition coefficient (Wildman–Crippen LogP) is 4.19. The van der Waals surface area contributed by atoms with Gasteiger partial charge in [-0.1, -0.05) is 23.7 Å². The number of hydrogen-bond donors (Lipinski definition) is 1. The van der Waals surface area contributed by atoms with Crippen LogP contribution in [-0.4, -0.2) is 4.98 Å². The largest absolute Gasteiger partial charge is 0.484 e. The minimum absolute atomic E-state index is 0.106. The lowest BCUT2D eigenvalue weighted by molar-refractivity contribution is 0.294. The molecule has 1 aromatic heterocycles. The summed E-state index contributed by atoms with van der Waals surface area (Å²) in [7, 11) is 0. The third-order valence-corrected chi connectivity index (χ3v) is 3.38. The first kappa shape index (κ1) is 13.6. The van der Waals surface area contributed by atoms with E-state index in [-0.39, 0.29) is 12.4 Å². The van der Waals surface area contributed by atoms with Gasteiger partial charge in [0.05, 0.1) is 0 Å². The van der Waals surface area contributed by atoms with Gasteiger partial charge in [-0.05, 0) is 29.8 Å². The molecule has 21 heavy (non-hydrogen) atoms. The van der Waals surface area contributed by atoms with Crippen molar-refractivity contribution in [2.45, 2.75) is 6.61 Å². The Kier molecular flexibility index (Phi) is 3.62. The average molecular weight is 303 g/mol. The van der Waals surface area contributed by atoms with E-state index in [2.05, 4.69) is 4.98 Å². The van der Waals surface area contributed by atoms with Gasteiger partial charge in [0.25, 0.3) is 0 Å². The summed E-state index contributed by atoms with van der Waals surface area (Å²) >= 11 is 5.82. The van der Waals surface area contributed by atoms with Crippen LogP contribution in [0.15, 0.2) is 48.7 Å². The molecule has 106 valence electrons. The number of hydrogen-bond acceptors (Lipinski definition) is 3. The van der Waals surface area contributed by atoms with E-state index in [1.54, 1.807) is 30.5 Å². The minimum atomic E-state index is -0.521. The van der Waals surface area contributed by atoms with Crippen molar-refractivity contribution >= 4 is 28.2 Å². The van der Waals surface area contributed by atoms with Crippen LogP contribution in [0.3, 0.4) is 0 Å². The fourth-order valence-electron chi connectivity index (χ4n) is 2.09. The number of rotatable bonds is 3. The lowest BCUT2D eigenvalue weighted by atomic mass is 10.1. The molecule has 0 spiro atoms. The highest BCUT2D eigenvalue weighted by Crippen LogP contribution is 2.32. The van der Waals surface area contributed by atoms with Gasteiger partial charge < -0.3 is 10.5 Å². The molecule has 0 aliphatic carbocycles. The Hall–Kier alpha value is -2.33. The molecule has 0 aliphatic heterocycles.